The van der Waals surface area contributed by atoms with Gasteiger partial charge in [0.05, 0.1) is 0 Å². The van der Waals surface area contributed by atoms with Crippen LogP contribution < -0.4 is 5.73 Å². The van der Waals surface area contributed by atoms with E-state index in [-0.39, 0.29) is 11.9 Å². The van der Waals surface area contributed by atoms with Gasteiger partial charge in [-0.3, -0.25) is 4.90 Å². The lowest BCUT2D eigenvalue weighted by atomic mass is 9.84. The monoisotopic (exact) mass is 298 g/mol. The Morgan fingerprint density at radius 2 is 2.10 bits per heavy atom. The van der Waals surface area contributed by atoms with E-state index in [0.717, 1.165) is 0 Å². The number of nitrogens with two attached hydrogens (primary N) is 1. The number of benzene rings is 1. The molecule has 0 bridgehead atoms. The molecule has 0 spiro atoms. The van der Waals surface area contributed by atoms with Gasteiger partial charge in [-0.1, -0.05) is 37.4 Å². The molecule has 1 aliphatic rings. The first-order chi connectivity index (χ1) is 9.54. The van der Waals surface area contributed by atoms with Crippen molar-refractivity contribution >= 4 is 11.6 Å². The van der Waals surface area contributed by atoms with Crippen LogP contribution in [0.5, 0.6) is 0 Å². The minimum Gasteiger partial charge on any atom is -0.329 e. The van der Waals surface area contributed by atoms with E-state index in [1.807, 2.05) is 0 Å². The first kappa shape index (κ1) is 15.7. The summed E-state index contributed by atoms with van der Waals surface area (Å²) in [5.41, 5.74) is 6.57. The number of halogens is 2. The van der Waals surface area contributed by atoms with E-state index in [1.54, 1.807) is 12.1 Å². The summed E-state index contributed by atoms with van der Waals surface area (Å²) in [6.45, 7) is 2.70. The van der Waals surface area contributed by atoms with E-state index < -0.39 is 0 Å². The quantitative estimate of drug-likeness (QED) is 0.911. The van der Waals surface area contributed by atoms with Crippen molar-refractivity contribution in [3.05, 3.63) is 34.6 Å². The molecule has 2 nitrogen and oxygen atoms in total. The molecule has 0 heterocycles. The first-order valence-corrected chi connectivity index (χ1v) is 7.79. The van der Waals surface area contributed by atoms with Gasteiger partial charge in [-0.25, -0.2) is 4.39 Å². The van der Waals surface area contributed by atoms with Gasteiger partial charge in [0.15, 0.2) is 0 Å². The molecule has 2 rings (SSSR count). The predicted octanol–water partition coefficient (Wildman–Crippen LogP) is 3.99. The SMILES string of the molecule is CC1CCCCC1N(C)C(CN)c1ccc(Cl)cc1F. The lowest BCUT2D eigenvalue weighted by Crippen LogP contribution is -2.43. The minimum absolute atomic E-state index is 0.0854. The van der Waals surface area contributed by atoms with E-state index in [1.165, 1.54) is 31.7 Å². The molecule has 112 valence electrons. The molecule has 20 heavy (non-hydrogen) atoms. The van der Waals surface area contributed by atoms with E-state index in [4.69, 9.17) is 17.3 Å². The number of nitrogens with zero attached hydrogens (tertiary/aromatic N) is 1. The number of hydrogen-bond donors (Lipinski definition) is 1. The Hall–Kier alpha value is -0.640. The van der Waals surface area contributed by atoms with Crippen LogP contribution in [0.2, 0.25) is 5.02 Å². The third-order valence-electron chi connectivity index (χ3n) is 4.63. The second-order valence-corrected chi connectivity index (χ2v) is 6.35. The van der Waals surface area contributed by atoms with Gasteiger partial charge < -0.3 is 5.73 Å². The maximum Gasteiger partial charge on any atom is 0.129 e. The van der Waals surface area contributed by atoms with Crippen LogP contribution in [-0.4, -0.2) is 24.5 Å². The Labute approximate surface area is 126 Å². The summed E-state index contributed by atoms with van der Waals surface area (Å²) < 4.78 is 14.1. The highest BCUT2D eigenvalue weighted by Crippen LogP contribution is 2.33. The largest absolute Gasteiger partial charge is 0.329 e. The number of hydrogen-bond acceptors (Lipinski definition) is 2. The summed E-state index contributed by atoms with van der Waals surface area (Å²) in [5.74, 6) is 0.376. The summed E-state index contributed by atoms with van der Waals surface area (Å²) in [6, 6.07) is 5.27. The number of likely N-dealkylation sites (N-methyl/N-ethyl adjacent to an activating group) is 1. The molecule has 1 saturated carbocycles. The van der Waals surface area contributed by atoms with E-state index in [9.17, 15) is 4.39 Å². The highest BCUT2D eigenvalue weighted by molar-refractivity contribution is 6.30. The summed E-state index contributed by atoms with van der Waals surface area (Å²) >= 11 is 5.83. The molecule has 3 unspecified atom stereocenters. The first-order valence-electron chi connectivity index (χ1n) is 7.41. The zero-order chi connectivity index (χ0) is 14.7. The van der Waals surface area contributed by atoms with Crippen molar-refractivity contribution in [1.82, 2.24) is 4.90 Å². The Kier molecular flexibility index (Phi) is 5.42. The molecule has 0 amide bonds. The minimum atomic E-state index is -0.261. The molecule has 1 aromatic rings. The van der Waals surface area contributed by atoms with Crippen molar-refractivity contribution in [2.24, 2.45) is 11.7 Å². The molecule has 0 radical (unpaired) electrons. The molecule has 1 aliphatic carbocycles. The van der Waals surface area contributed by atoms with Gasteiger partial charge in [0.1, 0.15) is 5.82 Å². The van der Waals surface area contributed by atoms with E-state index in [0.29, 0.717) is 29.1 Å². The van der Waals surface area contributed by atoms with Crippen molar-refractivity contribution in [3.8, 4) is 0 Å². The molecular formula is C16H24ClFN2. The lowest BCUT2D eigenvalue weighted by Gasteiger charge is -2.40. The topological polar surface area (TPSA) is 29.3 Å². The summed E-state index contributed by atoms with van der Waals surface area (Å²) in [4.78, 5) is 2.26. The lowest BCUT2D eigenvalue weighted by molar-refractivity contribution is 0.0976. The summed E-state index contributed by atoms with van der Waals surface area (Å²) in [5, 5.41) is 0.427. The zero-order valence-corrected chi connectivity index (χ0v) is 13.0. The standard InChI is InChI=1S/C16H24ClFN2/c1-11-5-3-4-6-15(11)20(2)16(10-19)13-8-7-12(17)9-14(13)18/h7-9,11,15-16H,3-6,10,19H2,1-2H3. The fourth-order valence-electron chi connectivity index (χ4n) is 3.42. The van der Waals surface area contributed by atoms with Gasteiger partial charge in [0.25, 0.3) is 0 Å². The van der Waals surface area contributed by atoms with Crippen LogP contribution in [0.3, 0.4) is 0 Å². The Bertz CT molecular complexity index is 452. The molecule has 0 aromatic heterocycles. The maximum absolute atomic E-state index is 14.1. The molecule has 4 heteroatoms. The van der Waals surface area contributed by atoms with Gasteiger partial charge >= 0.3 is 0 Å². The van der Waals surface area contributed by atoms with Crippen molar-refractivity contribution in [2.45, 2.75) is 44.7 Å². The summed E-state index contributed by atoms with van der Waals surface area (Å²) in [6.07, 6.45) is 4.96. The third-order valence-corrected chi connectivity index (χ3v) is 4.86. The van der Waals surface area contributed by atoms with E-state index in [2.05, 4.69) is 18.9 Å². The van der Waals surface area contributed by atoms with Crippen molar-refractivity contribution in [3.63, 3.8) is 0 Å². The van der Waals surface area contributed by atoms with Gasteiger partial charge in [-0.15, -0.1) is 0 Å². The maximum atomic E-state index is 14.1. The Morgan fingerprint density at radius 1 is 1.40 bits per heavy atom. The smallest absolute Gasteiger partial charge is 0.129 e. The number of rotatable bonds is 4. The molecular weight excluding hydrogens is 275 g/mol. The van der Waals surface area contributed by atoms with Crippen molar-refractivity contribution in [1.29, 1.82) is 0 Å². The van der Waals surface area contributed by atoms with Gasteiger partial charge in [-0.05, 0) is 37.9 Å². The van der Waals surface area contributed by atoms with Gasteiger partial charge in [-0.2, -0.15) is 0 Å². The summed E-state index contributed by atoms with van der Waals surface area (Å²) in [7, 11) is 2.07. The Morgan fingerprint density at radius 3 is 2.70 bits per heavy atom. The molecule has 0 saturated heterocycles. The molecule has 3 atom stereocenters. The molecule has 2 N–H and O–H groups in total. The highest BCUT2D eigenvalue weighted by atomic mass is 35.5. The average Bonchev–Trinajstić information content (AvgIpc) is 2.42. The highest BCUT2D eigenvalue weighted by Gasteiger charge is 2.30. The van der Waals surface area contributed by atoms with Crippen LogP contribution in [0.25, 0.3) is 0 Å². The molecule has 0 aliphatic heterocycles. The second kappa shape index (κ2) is 6.88. The van der Waals surface area contributed by atoms with E-state index >= 15 is 0 Å². The Balaban J connectivity index is 2.22. The average molecular weight is 299 g/mol. The van der Waals surface area contributed by atoms with Gasteiger partial charge in [0, 0.05) is 29.2 Å². The third kappa shape index (κ3) is 3.33. The van der Waals surface area contributed by atoms with Crippen LogP contribution in [0, 0.1) is 11.7 Å². The fraction of sp³-hybridized carbons (Fsp3) is 0.625. The van der Waals surface area contributed by atoms with Crippen molar-refractivity contribution in [2.75, 3.05) is 13.6 Å². The van der Waals surface area contributed by atoms with Crippen molar-refractivity contribution < 1.29 is 4.39 Å². The van der Waals surface area contributed by atoms with Crippen LogP contribution in [0.4, 0.5) is 4.39 Å². The van der Waals surface area contributed by atoms with Crippen LogP contribution in [0.1, 0.15) is 44.2 Å². The van der Waals surface area contributed by atoms with Crippen LogP contribution in [-0.2, 0) is 0 Å². The van der Waals surface area contributed by atoms with Gasteiger partial charge in [0.2, 0.25) is 0 Å². The van der Waals surface area contributed by atoms with Crippen LogP contribution in [0.15, 0.2) is 18.2 Å². The predicted molar refractivity (Wildman–Crippen MR) is 82.4 cm³/mol. The molecule has 1 fully saturated rings. The second-order valence-electron chi connectivity index (χ2n) is 5.91. The normalized spacial score (nSPS) is 24.9. The zero-order valence-electron chi connectivity index (χ0n) is 12.3. The molecule has 1 aromatic carbocycles. The fourth-order valence-corrected chi connectivity index (χ4v) is 3.58. The van der Waals surface area contributed by atoms with Crippen LogP contribution >= 0.6 is 11.6 Å².